The van der Waals surface area contributed by atoms with Crippen molar-refractivity contribution in [3.05, 3.63) is 54.0 Å². The Morgan fingerprint density at radius 3 is 2.85 bits per heavy atom. The molecule has 1 aromatic heterocycles. The number of pyridine rings is 1. The van der Waals surface area contributed by atoms with Crippen LogP contribution in [0.15, 0.2) is 42.6 Å². The molecular weight excluding hydrogens is 257 g/mol. The van der Waals surface area contributed by atoms with E-state index in [0.29, 0.717) is 17.1 Å². The van der Waals surface area contributed by atoms with Crippen LogP contribution in [0.2, 0.25) is 0 Å². The lowest BCUT2D eigenvalue weighted by molar-refractivity contribution is 0.0951. The van der Waals surface area contributed by atoms with Crippen LogP contribution in [0.4, 0.5) is 15.9 Å². The Balaban J connectivity index is 1.83. The van der Waals surface area contributed by atoms with Gasteiger partial charge in [-0.3, -0.25) is 4.79 Å². The highest BCUT2D eigenvalue weighted by Gasteiger charge is 2.25. The summed E-state index contributed by atoms with van der Waals surface area (Å²) in [6.07, 6.45) is 3.65. The molecule has 4 nitrogen and oxygen atoms in total. The highest BCUT2D eigenvalue weighted by atomic mass is 19.1. The molecule has 0 bridgehead atoms. The number of nitrogens with zero attached hydrogens (tertiary/aromatic N) is 1. The Kier molecular flexibility index (Phi) is 3.33. The number of halogens is 1. The van der Waals surface area contributed by atoms with Crippen molar-refractivity contribution in [1.29, 1.82) is 0 Å². The molecule has 0 aliphatic heterocycles. The van der Waals surface area contributed by atoms with Crippen LogP contribution >= 0.6 is 0 Å². The normalized spacial score (nSPS) is 13.8. The van der Waals surface area contributed by atoms with E-state index in [1.165, 1.54) is 12.1 Å². The largest absolute Gasteiger partial charge is 0.349 e. The van der Waals surface area contributed by atoms with Crippen molar-refractivity contribution >= 4 is 17.4 Å². The van der Waals surface area contributed by atoms with Gasteiger partial charge in [0, 0.05) is 17.9 Å². The van der Waals surface area contributed by atoms with Gasteiger partial charge < -0.3 is 10.6 Å². The number of hydrogen-bond acceptors (Lipinski definition) is 3. The maximum absolute atomic E-state index is 13.2. The van der Waals surface area contributed by atoms with Crippen LogP contribution in [0.25, 0.3) is 0 Å². The average Bonchev–Trinajstić information content (AvgIpc) is 3.23. The number of nitrogens with one attached hydrogen (secondary N) is 2. The average molecular weight is 271 g/mol. The van der Waals surface area contributed by atoms with Crippen LogP contribution in [0.1, 0.15) is 23.2 Å². The molecule has 0 spiro atoms. The SMILES string of the molecule is O=C(NC1CC1)c1cccnc1Nc1cccc(F)c1. The summed E-state index contributed by atoms with van der Waals surface area (Å²) in [7, 11) is 0. The van der Waals surface area contributed by atoms with Crippen molar-refractivity contribution in [2.24, 2.45) is 0 Å². The van der Waals surface area contributed by atoms with Crippen molar-refractivity contribution in [2.75, 3.05) is 5.32 Å². The van der Waals surface area contributed by atoms with Crippen LogP contribution in [0, 0.1) is 5.82 Å². The number of carbonyl (C=O) groups excluding carboxylic acids is 1. The minimum atomic E-state index is -0.338. The van der Waals surface area contributed by atoms with Crippen molar-refractivity contribution in [3.8, 4) is 0 Å². The Labute approximate surface area is 116 Å². The molecule has 102 valence electrons. The maximum Gasteiger partial charge on any atom is 0.255 e. The molecule has 2 N–H and O–H groups in total. The van der Waals surface area contributed by atoms with Crippen molar-refractivity contribution in [3.63, 3.8) is 0 Å². The smallest absolute Gasteiger partial charge is 0.255 e. The van der Waals surface area contributed by atoms with Crippen molar-refractivity contribution in [2.45, 2.75) is 18.9 Å². The summed E-state index contributed by atoms with van der Waals surface area (Å²) < 4.78 is 13.2. The Bertz CT molecular complexity index is 641. The topological polar surface area (TPSA) is 54.0 Å². The van der Waals surface area contributed by atoms with Crippen LogP contribution < -0.4 is 10.6 Å². The summed E-state index contributed by atoms with van der Waals surface area (Å²) in [6.45, 7) is 0. The molecule has 1 saturated carbocycles. The number of benzene rings is 1. The van der Waals surface area contributed by atoms with Gasteiger partial charge in [0.15, 0.2) is 0 Å². The zero-order valence-corrected chi connectivity index (χ0v) is 10.8. The number of hydrogen-bond donors (Lipinski definition) is 2. The van der Waals surface area contributed by atoms with E-state index in [9.17, 15) is 9.18 Å². The van der Waals surface area contributed by atoms with Gasteiger partial charge >= 0.3 is 0 Å². The van der Waals surface area contributed by atoms with Crippen molar-refractivity contribution < 1.29 is 9.18 Å². The van der Waals surface area contributed by atoms with E-state index in [1.54, 1.807) is 30.5 Å². The van der Waals surface area contributed by atoms with Gasteiger partial charge in [0.2, 0.25) is 0 Å². The highest BCUT2D eigenvalue weighted by Crippen LogP contribution is 2.22. The van der Waals surface area contributed by atoms with E-state index in [0.717, 1.165) is 12.8 Å². The quantitative estimate of drug-likeness (QED) is 0.899. The Hall–Kier alpha value is -2.43. The molecule has 0 atom stereocenters. The van der Waals surface area contributed by atoms with E-state index in [2.05, 4.69) is 15.6 Å². The third-order valence-corrected chi connectivity index (χ3v) is 3.05. The van der Waals surface area contributed by atoms with Gasteiger partial charge in [-0.05, 0) is 43.2 Å². The van der Waals surface area contributed by atoms with E-state index >= 15 is 0 Å². The fourth-order valence-electron chi connectivity index (χ4n) is 1.88. The number of anilines is 2. The zero-order chi connectivity index (χ0) is 13.9. The molecule has 1 heterocycles. The predicted octanol–water partition coefficient (Wildman–Crippen LogP) is 2.86. The molecule has 2 aromatic rings. The summed E-state index contributed by atoms with van der Waals surface area (Å²) in [5, 5.41) is 5.89. The van der Waals surface area contributed by atoms with Gasteiger partial charge in [-0.15, -0.1) is 0 Å². The molecule has 0 unspecified atom stereocenters. The standard InChI is InChI=1S/C15H14FN3O/c16-10-3-1-4-12(9-10)18-14-13(5-2-8-17-14)15(20)19-11-6-7-11/h1-5,8-9,11H,6-7H2,(H,17,18)(H,19,20). The fraction of sp³-hybridized carbons (Fsp3) is 0.200. The number of aromatic nitrogens is 1. The van der Waals surface area contributed by atoms with Gasteiger partial charge in [-0.1, -0.05) is 6.07 Å². The first kappa shape index (κ1) is 12.6. The molecular formula is C15H14FN3O. The van der Waals surface area contributed by atoms with Gasteiger partial charge in [-0.2, -0.15) is 0 Å². The number of carbonyl (C=O) groups is 1. The summed E-state index contributed by atoms with van der Waals surface area (Å²) in [5.41, 5.74) is 1.02. The molecule has 1 fully saturated rings. The summed E-state index contributed by atoms with van der Waals surface area (Å²) in [6, 6.07) is 9.74. The molecule has 20 heavy (non-hydrogen) atoms. The minimum absolute atomic E-state index is 0.153. The molecule has 5 heteroatoms. The second kappa shape index (κ2) is 5.28. The summed E-state index contributed by atoms with van der Waals surface area (Å²) in [4.78, 5) is 16.3. The predicted molar refractivity (Wildman–Crippen MR) is 74.4 cm³/mol. The van der Waals surface area contributed by atoms with E-state index in [4.69, 9.17) is 0 Å². The maximum atomic E-state index is 13.2. The second-order valence-corrected chi connectivity index (χ2v) is 4.78. The zero-order valence-electron chi connectivity index (χ0n) is 10.8. The molecule has 1 aliphatic rings. The van der Waals surface area contributed by atoms with E-state index in [-0.39, 0.29) is 17.8 Å². The Morgan fingerprint density at radius 2 is 2.10 bits per heavy atom. The van der Waals surface area contributed by atoms with Crippen LogP contribution in [0.5, 0.6) is 0 Å². The summed E-state index contributed by atoms with van der Waals surface area (Å²) >= 11 is 0. The van der Waals surface area contributed by atoms with Gasteiger partial charge in [0.1, 0.15) is 11.6 Å². The molecule has 0 saturated heterocycles. The Morgan fingerprint density at radius 1 is 1.25 bits per heavy atom. The van der Waals surface area contributed by atoms with Gasteiger partial charge in [-0.25, -0.2) is 9.37 Å². The van der Waals surface area contributed by atoms with Crippen molar-refractivity contribution in [1.82, 2.24) is 10.3 Å². The van der Waals surface area contributed by atoms with Crippen LogP contribution in [-0.2, 0) is 0 Å². The fourth-order valence-corrected chi connectivity index (χ4v) is 1.88. The molecule has 3 rings (SSSR count). The summed E-state index contributed by atoms with van der Waals surface area (Å²) in [5.74, 6) is -0.0642. The lowest BCUT2D eigenvalue weighted by Crippen LogP contribution is -2.26. The van der Waals surface area contributed by atoms with Crippen LogP contribution in [-0.4, -0.2) is 16.9 Å². The van der Waals surface area contributed by atoms with Gasteiger partial charge in [0.25, 0.3) is 5.91 Å². The minimum Gasteiger partial charge on any atom is -0.349 e. The highest BCUT2D eigenvalue weighted by molar-refractivity contribution is 5.99. The first-order chi connectivity index (χ1) is 9.72. The molecule has 1 aliphatic carbocycles. The van der Waals surface area contributed by atoms with Gasteiger partial charge in [0.05, 0.1) is 5.56 Å². The first-order valence-corrected chi connectivity index (χ1v) is 6.51. The number of amides is 1. The number of rotatable bonds is 4. The first-order valence-electron chi connectivity index (χ1n) is 6.51. The third kappa shape index (κ3) is 2.93. The lowest BCUT2D eigenvalue weighted by Gasteiger charge is -2.10. The van der Waals surface area contributed by atoms with E-state index < -0.39 is 0 Å². The molecule has 1 aromatic carbocycles. The lowest BCUT2D eigenvalue weighted by atomic mass is 10.2. The second-order valence-electron chi connectivity index (χ2n) is 4.78. The van der Waals surface area contributed by atoms with Crippen LogP contribution in [0.3, 0.4) is 0 Å². The molecule has 1 amide bonds. The third-order valence-electron chi connectivity index (χ3n) is 3.05. The van der Waals surface area contributed by atoms with E-state index in [1.807, 2.05) is 0 Å². The monoisotopic (exact) mass is 271 g/mol. The molecule has 0 radical (unpaired) electrons.